The molecule has 2 aromatic rings. The molecule has 0 heterocycles. The molecule has 0 aliphatic carbocycles. The molecule has 2 aromatic carbocycles. The van der Waals surface area contributed by atoms with Crippen molar-refractivity contribution in [3.63, 3.8) is 0 Å². The van der Waals surface area contributed by atoms with Crippen LogP contribution in [0.3, 0.4) is 0 Å². The fourth-order valence-corrected chi connectivity index (χ4v) is 2.37. The van der Waals surface area contributed by atoms with Crippen LogP contribution >= 0.6 is 0 Å². The minimum atomic E-state index is -2.15. The van der Waals surface area contributed by atoms with Crippen molar-refractivity contribution >= 4 is 40.6 Å². The summed E-state index contributed by atoms with van der Waals surface area (Å²) in [6.07, 6.45) is 0. The van der Waals surface area contributed by atoms with Crippen LogP contribution in [0, 0.1) is 0 Å². The van der Waals surface area contributed by atoms with Gasteiger partial charge in [-0.25, -0.2) is 0 Å². The van der Waals surface area contributed by atoms with Crippen LogP contribution in [0.5, 0.6) is 0 Å². The maximum absolute atomic E-state index is 11.3. The number of hydrogen-bond donors (Lipinski definition) is 0. The fraction of sp³-hybridized carbons (Fsp3) is 0. The molecule has 10 nitrogen and oxygen atoms in total. The third-order valence-corrected chi connectivity index (χ3v) is 3.34. The molecular formula is C15H3Na5O10. The van der Waals surface area contributed by atoms with E-state index in [2.05, 4.69) is 0 Å². The molecule has 0 saturated carbocycles. The quantitative estimate of drug-likeness (QED) is 0.387. The van der Waals surface area contributed by atoms with Gasteiger partial charge in [0.1, 0.15) is 0 Å². The van der Waals surface area contributed by atoms with E-state index in [0.717, 1.165) is 0 Å². The molecule has 0 fully saturated rings. The number of carboxylic acid groups (broad SMARTS) is 5. The van der Waals surface area contributed by atoms with Gasteiger partial charge in [0, 0.05) is 27.6 Å². The smallest absolute Gasteiger partial charge is 0.545 e. The molecule has 2 rings (SSSR count). The second kappa shape index (κ2) is 15.8. The average molecular weight is 458 g/mol. The zero-order chi connectivity index (χ0) is 19.0. The van der Waals surface area contributed by atoms with Gasteiger partial charge in [0.2, 0.25) is 0 Å². The zero-order valence-electron chi connectivity index (χ0n) is 16.8. The van der Waals surface area contributed by atoms with E-state index < -0.39 is 68.4 Å². The summed E-state index contributed by atoms with van der Waals surface area (Å²) in [4.78, 5) is 55.9. The summed E-state index contributed by atoms with van der Waals surface area (Å²) >= 11 is 0. The van der Waals surface area contributed by atoms with Crippen LogP contribution in [0.1, 0.15) is 51.8 Å². The van der Waals surface area contributed by atoms with Crippen LogP contribution in [-0.4, -0.2) is 29.8 Å². The van der Waals surface area contributed by atoms with Crippen molar-refractivity contribution in [2.75, 3.05) is 0 Å². The number of rotatable bonds is 5. The van der Waals surface area contributed by atoms with E-state index in [9.17, 15) is 49.5 Å². The Labute approximate surface area is 279 Å². The summed E-state index contributed by atoms with van der Waals surface area (Å²) in [5, 5.41) is 54.3. The summed E-state index contributed by atoms with van der Waals surface area (Å²) in [7, 11) is 0. The minimum absolute atomic E-state index is 0. The number of carbonyl (C=O) groups is 5. The number of carbonyl (C=O) groups excluding carboxylic acids is 5. The predicted molar refractivity (Wildman–Crippen MR) is 65.6 cm³/mol. The molecule has 0 amide bonds. The van der Waals surface area contributed by atoms with Gasteiger partial charge in [-0.05, 0) is 29.1 Å². The van der Waals surface area contributed by atoms with Crippen LogP contribution < -0.4 is 173 Å². The van der Waals surface area contributed by atoms with Crippen molar-refractivity contribution in [3.8, 4) is 0 Å². The van der Waals surface area contributed by atoms with Crippen molar-refractivity contribution in [1.82, 2.24) is 0 Å². The van der Waals surface area contributed by atoms with E-state index >= 15 is 0 Å². The van der Waals surface area contributed by atoms with Crippen LogP contribution in [0.2, 0.25) is 0 Å². The molecule has 15 heteroatoms. The number of benzene rings is 2. The third-order valence-electron chi connectivity index (χ3n) is 3.34. The largest absolute Gasteiger partial charge is 1.00 e. The summed E-state index contributed by atoms with van der Waals surface area (Å²) in [6.45, 7) is 0. The maximum atomic E-state index is 11.3. The van der Waals surface area contributed by atoms with Gasteiger partial charge in [-0.15, -0.1) is 0 Å². The molecule has 0 N–H and O–H groups in total. The first-order chi connectivity index (χ1) is 11.6. The molecule has 128 valence electrons. The summed E-state index contributed by atoms with van der Waals surface area (Å²) < 4.78 is 0. The van der Waals surface area contributed by atoms with Gasteiger partial charge in [0.25, 0.3) is 0 Å². The zero-order valence-corrected chi connectivity index (χ0v) is 26.8. The van der Waals surface area contributed by atoms with Crippen molar-refractivity contribution in [1.29, 1.82) is 0 Å². The van der Waals surface area contributed by atoms with E-state index in [1.165, 1.54) is 0 Å². The molecule has 0 radical (unpaired) electrons. The second-order valence-electron chi connectivity index (χ2n) is 4.73. The van der Waals surface area contributed by atoms with Gasteiger partial charge in [0.05, 0.1) is 29.8 Å². The third kappa shape index (κ3) is 8.12. The Morgan fingerprint density at radius 1 is 0.500 bits per heavy atom. The Kier molecular flexibility index (Phi) is 20.2. The molecule has 0 atom stereocenters. The fourth-order valence-electron chi connectivity index (χ4n) is 2.37. The topological polar surface area (TPSA) is 201 Å². The van der Waals surface area contributed by atoms with E-state index in [-0.39, 0.29) is 148 Å². The molecule has 0 saturated heterocycles. The maximum Gasteiger partial charge on any atom is 1.00 e. The number of carboxylic acids is 5. The standard InChI is InChI=1S/C15H8O10.5Na/c16-11(17)4-1-5-6(12(18)19)3-8(14(22)23)10(15(24)25)9(5)7(2-4)13(20)21;;;;;/h1-3H,(H,16,17)(H,18,19)(H,20,21)(H,22,23)(H,24,25);;;;;/q;5*+1/p-5. The van der Waals surface area contributed by atoms with Crippen molar-refractivity contribution in [3.05, 3.63) is 46.0 Å². The predicted octanol–water partition coefficient (Wildman–Crippen LogP) is -20.3. The van der Waals surface area contributed by atoms with Crippen LogP contribution in [0.25, 0.3) is 10.8 Å². The summed E-state index contributed by atoms with van der Waals surface area (Å²) in [5.41, 5.74) is -5.24. The summed E-state index contributed by atoms with van der Waals surface area (Å²) in [6, 6.07) is 1.39. The van der Waals surface area contributed by atoms with Gasteiger partial charge in [-0.3, -0.25) is 0 Å². The first-order valence-corrected chi connectivity index (χ1v) is 6.27. The number of aromatic carboxylic acids is 5. The molecule has 0 aliphatic heterocycles. The average Bonchev–Trinajstić information content (AvgIpc) is 2.50. The number of fused-ring (bicyclic) bond motifs is 1. The van der Waals surface area contributed by atoms with Gasteiger partial charge >= 0.3 is 148 Å². The SMILES string of the molecule is O=C([O-])c1cc(C(=O)[O-])c2c(C(=O)[O-])c(C(=O)[O-])cc(C(=O)[O-])c2c1.[Na+].[Na+].[Na+].[Na+].[Na+]. The Bertz CT molecular complexity index is 1010. The van der Waals surface area contributed by atoms with Gasteiger partial charge in [0.15, 0.2) is 0 Å². The van der Waals surface area contributed by atoms with E-state index in [1.54, 1.807) is 0 Å². The molecule has 0 aliphatic rings. The Balaban J connectivity index is -0.000000676. The van der Waals surface area contributed by atoms with Gasteiger partial charge in [-0.2, -0.15) is 0 Å². The Morgan fingerprint density at radius 3 is 1.27 bits per heavy atom. The van der Waals surface area contributed by atoms with Crippen molar-refractivity contribution in [2.24, 2.45) is 0 Å². The second-order valence-corrected chi connectivity index (χ2v) is 4.73. The monoisotopic (exact) mass is 458 g/mol. The minimum Gasteiger partial charge on any atom is -0.545 e. The van der Waals surface area contributed by atoms with Crippen LogP contribution in [-0.2, 0) is 0 Å². The van der Waals surface area contributed by atoms with Crippen LogP contribution in [0.15, 0.2) is 18.2 Å². The molecule has 0 unspecified atom stereocenters. The van der Waals surface area contributed by atoms with Crippen LogP contribution in [0.4, 0.5) is 0 Å². The summed E-state index contributed by atoms with van der Waals surface area (Å²) in [5.74, 6) is -10.3. The first-order valence-electron chi connectivity index (χ1n) is 6.27. The number of hydrogen-bond acceptors (Lipinski definition) is 10. The molecular weight excluding hydrogens is 455 g/mol. The van der Waals surface area contributed by atoms with E-state index in [0.29, 0.717) is 18.2 Å². The molecule has 0 bridgehead atoms. The molecule has 0 spiro atoms. The van der Waals surface area contributed by atoms with Crippen molar-refractivity contribution < 1.29 is 197 Å². The van der Waals surface area contributed by atoms with E-state index in [4.69, 9.17) is 0 Å². The normalized spacial score (nSPS) is 8.67. The van der Waals surface area contributed by atoms with E-state index in [1.807, 2.05) is 0 Å². The van der Waals surface area contributed by atoms with Gasteiger partial charge in [-0.1, -0.05) is 0 Å². The Hall–Kier alpha value is 1.05. The Morgan fingerprint density at radius 2 is 0.933 bits per heavy atom. The van der Waals surface area contributed by atoms with Gasteiger partial charge < -0.3 is 49.5 Å². The first kappa shape index (κ1) is 38.3. The molecule has 30 heavy (non-hydrogen) atoms. The molecule has 0 aromatic heterocycles. The van der Waals surface area contributed by atoms with Crippen molar-refractivity contribution in [2.45, 2.75) is 0 Å².